The summed E-state index contributed by atoms with van der Waals surface area (Å²) in [4.78, 5) is 47.3. The Labute approximate surface area is 138 Å². The van der Waals surface area contributed by atoms with Crippen LogP contribution < -0.4 is 5.32 Å². The van der Waals surface area contributed by atoms with Crippen molar-refractivity contribution in [1.29, 1.82) is 0 Å². The van der Waals surface area contributed by atoms with Crippen LogP contribution in [-0.2, 0) is 23.9 Å². The van der Waals surface area contributed by atoms with E-state index >= 15 is 0 Å². The summed E-state index contributed by atoms with van der Waals surface area (Å²) in [5, 5.41) is 11.7. The maximum atomic E-state index is 12.2. The van der Waals surface area contributed by atoms with Crippen LogP contribution in [0.1, 0.15) is 17.3 Å². The van der Waals surface area contributed by atoms with Gasteiger partial charge in [0.05, 0.1) is 14.2 Å². The highest BCUT2D eigenvalue weighted by Gasteiger charge is 2.42. The van der Waals surface area contributed by atoms with Crippen LogP contribution >= 0.6 is 0 Å². The lowest BCUT2D eigenvalue weighted by Crippen LogP contribution is -2.50. The highest BCUT2D eigenvalue weighted by Crippen LogP contribution is 2.20. The minimum Gasteiger partial charge on any atom is -0.480 e. The number of nitrogens with one attached hydrogen (secondary N) is 1. The van der Waals surface area contributed by atoms with E-state index in [2.05, 4.69) is 14.8 Å². The number of carbonyl (C=O) groups is 4. The Morgan fingerprint density at radius 1 is 1.00 bits per heavy atom. The lowest BCUT2D eigenvalue weighted by molar-refractivity contribution is -0.162. The van der Waals surface area contributed by atoms with Crippen molar-refractivity contribution in [3.63, 3.8) is 0 Å². The average Bonchev–Trinajstić information content (AvgIpc) is 2.59. The van der Waals surface area contributed by atoms with Gasteiger partial charge in [-0.25, -0.2) is 4.79 Å². The van der Waals surface area contributed by atoms with Gasteiger partial charge in [0.15, 0.2) is 5.92 Å². The highest BCUT2D eigenvalue weighted by atomic mass is 16.5. The number of aliphatic carboxylic acids is 1. The molecule has 0 aliphatic carbocycles. The second-order valence-electron chi connectivity index (χ2n) is 5.04. The van der Waals surface area contributed by atoms with Crippen molar-refractivity contribution >= 4 is 23.8 Å². The highest BCUT2D eigenvalue weighted by molar-refractivity contribution is 5.98. The molecule has 0 radical (unpaired) electrons. The number of carboxylic acid groups (broad SMARTS) is 1. The number of rotatable bonds is 7. The molecule has 0 saturated carbocycles. The van der Waals surface area contributed by atoms with Crippen molar-refractivity contribution in [2.45, 2.75) is 13.0 Å². The minimum atomic E-state index is -1.49. The molecule has 1 aromatic carbocycles. The minimum absolute atomic E-state index is 0.253. The Morgan fingerprint density at radius 2 is 1.50 bits per heavy atom. The molecule has 1 aromatic rings. The summed E-state index contributed by atoms with van der Waals surface area (Å²) in [5.41, 5.74) is 0.253. The summed E-state index contributed by atoms with van der Waals surface area (Å²) in [7, 11) is 2.15. The molecule has 2 N–H and O–H groups in total. The standard InChI is InChI=1S/C16H19NO7/c1-9(11(15(21)23-2)16(22)24-3)12(14(19)20)17-13(18)10-7-5-4-6-8-10/h4-9,11-12H,1-3H3,(H,17,18)(H,19,20)/t9-,12-/m0/s1. The van der Waals surface area contributed by atoms with E-state index in [-0.39, 0.29) is 5.56 Å². The van der Waals surface area contributed by atoms with Crippen LogP contribution in [0.4, 0.5) is 0 Å². The molecule has 0 aliphatic rings. The first-order chi connectivity index (χ1) is 11.3. The third kappa shape index (κ3) is 4.55. The summed E-state index contributed by atoms with van der Waals surface area (Å²) in [6.07, 6.45) is 0. The van der Waals surface area contributed by atoms with Crippen LogP contribution in [-0.4, -0.2) is 49.2 Å². The smallest absolute Gasteiger partial charge is 0.326 e. The zero-order valence-corrected chi connectivity index (χ0v) is 13.5. The summed E-state index contributed by atoms with van der Waals surface area (Å²) in [5.74, 6) is -6.45. The lowest BCUT2D eigenvalue weighted by atomic mass is 9.87. The number of methoxy groups -OCH3 is 2. The number of carbonyl (C=O) groups excluding carboxylic acids is 3. The molecule has 0 saturated heterocycles. The Hall–Kier alpha value is -2.90. The zero-order chi connectivity index (χ0) is 18.3. The molecule has 0 aromatic heterocycles. The molecule has 0 fully saturated rings. The van der Waals surface area contributed by atoms with Gasteiger partial charge in [-0.3, -0.25) is 14.4 Å². The van der Waals surface area contributed by atoms with Gasteiger partial charge in [0.25, 0.3) is 5.91 Å². The fourth-order valence-corrected chi connectivity index (χ4v) is 2.20. The molecule has 2 atom stereocenters. The van der Waals surface area contributed by atoms with Gasteiger partial charge in [-0.2, -0.15) is 0 Å². The molecule has 0 bridgehead atoms. The maximum absolute atomic E-state index is 12.2. The van der Waals surface area contributed by atoms with Crippen LogP contribution in [0.3, 0.4) is 0 Å². The van der Waals surface area contributed by atoms with Crippen LogP contribution in [0.5, 0.6) is 0 Å². The third-order valence-corrected chi connectivity index (χ3v) is 3.55. The predicted octanol–water partition coefficient (Wildman–Crippen LogP) is 0.468. The quantitative estimate of drug-likeness (QED) is 0.548. The Kier molecular flexibility index (Phi) is 6.91. The summed E-state index contributed by atoms with van der Waals surface area (Å²) < 4.78 is 9.06. The molecule has 0 unspecified atom stereocenters. The number of hydrogen-bond donors (Lipinski definition) is 2. The fraction of sp³-hybridized carbons (Fsp3) is 0.375. The van der Waals surface area contributed by atoms with Gasteiger partial charge >= 0.3 is 17.9 Å². The molecule has 8 nitrogen and oxygen atoms in total. The molecule has 24 heavy (non-hydrogen) atoms. The number of hydrogen-bond acceptors (Lipinski definition) is 6. The molecule has 130 valence electrons. The van der Waals surface area contributed by atoms with E-state index in [9.17, 15) is 24.3 Å². The average molecular weight is 337 g/mol. The first-order valence-electron chi connectivity index (χ1n) is 7.07. The van der Waals surface area contributed by atoms with Crippen molar-refractivity contribution in [1.82, 2.24) is 5.32 Å². The molecule has 0 aliphatic heterocycles. The van der Waals surface area contributed by atoms with Gasteiger partial charge < -0.3 is 19.9 Å². The van der Waals surface area contributed by atoms with Crippen molar-refractivity contribution in [3.8, 4) is 0 Å². The number of carboxylic acids is 1. The summed E-state index contributed by atoms with van der Waals surface area (Å²) in [6.45, 7) is 1.35. The second-order valence-corrected chi connectivity index (χ2v) is 5.04. The van der Waals surface area contributed by atoms with Gasteiger partial charge in [0, 0.05) is 11.5 Å². The molecule has 8 heteroatoms. The van der Waals surface area contributed by atoms with E-state index in [4.69, 9.17) is 0 Å². The van der Waals surface area contributed by atoms with Crippen LogP contribution in [0, 0.1) is 11.8 Å². The molecular weight excluding hydrogens is 318 g/mol. The summed E-state index contributed by atoms with van der Waals surface area (Å²) in [6, 6.07) is 6.49. The Bertz CT molecular complexity index is 598. The second kappa shape index (κ2) is 8.66. The Balaban J connectivity index is 3.04. The largest absolute Gasteiger partial charge is 0.480 e. The topological polar surface area (TPSA) is 119 Å². The number of amides is 1. The van der Waals surface area contributed by atoms with E-state index < -0.39 is 41.7 Å². The zero-order valence-electron chi connectivity index (χ0n) is 13.5. The van der Waals surface area contributed by atoms with Crippen LogP contribution in [0.25, 0.3) is 0 Å². The van der Waals surface area contributed by atoms with Crippen molar-refractivity contribution in [2.24, 2.45) is 11.8 Å². The van der Waals surface area contributed by atoms with E-state index in [1.165, 1.54) is 19.1 Å². The van der Waals surface area contributed by atoms with Gasteiger partial charge in [-0.05, 0) is 12.1 Å². The normalized spacial score (nSPS) is 12.8. The Morgan fingerprint density at radius 3 is 1.92 bits per heavy atom. The molecule has 0 heterocycles. The van der Waals surface area contributed by atoms with E-state index in [1.807, 2.05) is 0 Å². The van der Waals surface area contributed by atoms with Crippen LogP contribution in [0.15, 0.2) is 30.3 Å². The van der Waals surface area contributed by atoms with Crippen molar-refractivity contribution < 1.29 is 33.8 Å². The van der Waals surface area contributed by atoms with Gasteiger partial charge in [0.2, 0.25) is 0 Å². The summed E-state index contributed by atoms with van der Waals surface area (Å²) >= 11 is 0. The fourth-order valence-electron chi connectivity index (χ4n) is 2.20. The van der Waals surface area contributed by atoms with Crippen molar-refractivity contribution in [3.05, 3.63) is 35.9 Å². The van der Waals surface area contributed by atoms with Crippen LogP contribution in [0.2, 0.25) is 0 Å². The maximum Gasteiger partial charge on any atom is 0.326 e. The van der Waals surface area contributed by atoms with Gasteiger partial charge in [0.1, 0.15) is 6.04 Å². The number of esters is 2. The lowest BCUT2D eigenvalue weighted by Gasteiger charge is -2.26. The third-order valence-electron chi connectivity index (χ3n) is 3.55. The SMILES string of the molecule is COC(=O)C(C(=O)OC)[C@H](C)[C@H](NC(=O)c1ccccc1)C(=O)O. The molecule has 0 spiro atoms. The van der Waals surface area contributed by atoms with E-state index in [0.29, 0.717) is 0 Å². The molecule has 1 amide bonds. The first-order valence-corrected chi connectivity index (χ1v) is 7.07. The number of benzene rings is 1. The van der Waals surface area contributed by atoms with E-state index in [0.717, 1.165) is 14.2 Å². The molecule has 1 rings (SSSR count). The van der Waals surface area contributed by atoms with Gasteiger partial charge in [-0.1, -0.05) is 25.1 Å². The monoisotopic (exact) mass is 337 g/mol. The number of ether oxygens (including phenoxy) is 2. The van der Waals surface area contributed by atoms with E-state index in [1.54, 1.807) is 18.2 Å². The predicted molar refractivity (Wildman–Crippen MR) is 82.0 cm³/mol. The van der Waals surface area contributed by atoms with Crippen molar-refractivity contribution in [2.75, 3.05) is 14.2 Å². The first kappa shape index (κ1) is 19.1. The molecular formula is C16H19NO7. The van der Waals surface area contributed by atoms with Gasteiger partial charge in [-0.15, -0.1) is 0 Å².